The maximum Gasteiger partial charge on any atom is 0.461 e. The van der Waals surface area contributed by atoms with Crippen LogP contribution >= 0.6 is 0 Å². The molecular weight excluding hydrogens is 264 g/mol. The number of halogens is 4. The van der Waals surface area contributed by atoms with Gasteiger partial charge in [0.2, 0.25) is 0 Å². The van der Waals surface area contributed by atoms with Crippen molar-refractivity contribution in [2.45, 2.75) is 31.4 Å². The molecule has 0 unspecified atom stereocenters. The molecule has 19 heavy (non-hydrogen) atoms. The van der Waals surface area contributed by atoms with E-state index < -0.39 is 18.6 Å². The van der Waals surface area contributed by atoms with Gasteiger partial charge >= 0.3 is 12.5 Å². The molecule has 1 atom stereocenters. The van der Waals surface area contributed by atoms with Crippen molar-refractivity contribution in [3.05, 3.63) is 29.8 Å². The minimum absolute atomic E-state index is 0.342. The van der Waals surface area contributed by atoms with E-state index in [1.165, 1.54) is 18.2 Å². The molecule has 0 saturated carbocycles. The largest absolute Gasteiger partial charge is 0.461 e. The van der Waals surface area contributed by atoms with E-state index in [-0.39, 0.29) is 5.75 Å². The molecule has 0 spiro atoms. The number of alkyl halides is 4. The van der Waals surface area contributed by atoms with E-state index in [1.807, 2.05) is 0 Å². The summed E-state index contributed by atoms with van der Waals surface area (Å²) in [6.07, 6.45) is -7.15. The standard InChI is InChI=1S/C12H16F4N2O/c13-11(14)12(15,16)19-9-4-1-3-8(7-9)10(18)5-2-6-17/h1,3-4,7,10-11H,2,5-6,17-18H2/t10-/m0/s1. The lowest BCUT2D eigenvalue weighted by Crippen LogP contribution is -2.33. The highest BCUT2D eigenvalue weighted by molar-refractivity contribution is 5.30. The third kappa shape index (κ3) is 4.68. The van der Waals surface area contributed by atoms with Gasteiger partial charge in [0.15, 0.2) is 0 Å². The van der Waals surface area contributed by atoms with Crippen molar-refractivity contribution in [3.63, 3.8) is 0 Å². The lowest BCUT2D eigenvalue weighted by atomic mass is 10.0. The van der Waals surface area contributed by atoms with Crippen molar-refractivity contribution in [1.29, 1.82) is 0 Å². The maximum absolute atomic E-state index is 12.7. The van der Waals surface area contributed by atoms with Gasteiger partial charge < -0.3 is 16.2 Å². The first-order chi connectivity index (χ1) is 8.86. The summed E-state index contributed by atoms with van der Waals surface area (Å²) in [7, 11) is 0. The van der Waals surface area contributed by atoms with Crippen LogP contribution in [0.3, 0.4) is 0 Å². The van der Waals surface area contributed by atoms with Crippen LogP contribution in [-0.2, 0) is 0 Å². The third-order valence-electron chi connectivity index (χ3n) is 2.51. The SMILES string of the molecule is NCCC[C@H](N)c1cccc(OC(F)(F)C(F)F)c1. The molecule has 0 bridgehead atoms. The Morgan fingerprint density at radius 3 is 2.53 bits per heavy atom. The van der Waals surface area contributed by atoms with Gasteiger partial charge in [0, 0.05) is 6.04 Å². The quantitative estimate of drug-likeness (QED) is 0.755. The van der Waals surface area contributed by atoms with Gasteiger partial charge in [-0.3, -0.25) is 0 Å². The first-order valence-electron chi connectivity index (χ1n) is 5.77. The molecule has 7 heteroatoms. The highest BCUT2D eigenvalue weighted by atomic mass is 19.3. The summed E-state index contributed by atoms with van der Waals surface area (Å²) in [6.45, 7) is 0.466. The number of nitrogens with two attached hydrogens (primary N) is 2. The van der Waals surface area contributed by atoms with Crippen molar-refractivity contribution in [2.75, 3.05) is 6.54 Å². The van der Waals surface area contributed by atoms with E-state index in [0.717, 1.165) is 0 Å². The van der Waals surface area contributed by atoms with Gasteiger partial charge in [-0.05, 0) is 37.1 Å². The fourth-order valence-electron chi connectivity index (χ4n) is 1.51. The molecule has 108 valence electrons. The van der Waals surface area contributed by atoms with Crippen LogP contribution in [0.4, 0.5) is 17.6 Å². The molecule has 0 radical (unpaired) electrons. The van der Waals surface area contributed by atoms with Gasteiger partial charge in [-0.25, -0.2) is 0 Å². The van der Waals surface area contributed by atoms with Crippen molar-refractivity contribution in [1.82, 2.24) is 0 Å². The average Bonchev–Trinajstić information content (AvgIpc) is 2.35. The van der Waals surface area contributed by atoms with Crippen molar-refractivity contribution in [3.8, 4) is 5.75 Å². The molecule has 0 aliphatic heterocycles. The van der Waals surface area contributed by atoms with E-state index in [4.69, 9.17) is 11.5 Å². The van der Waals surface area contributed by atoms with Gasteiger partial charge in [0.05, 0.1) is 0 Å². The maximum atomic E-state index is 12.7. The summed E-state index contributed by atoms with van der Waals surface area (Å²) in [5.74, 6) is -0.342. The van der Waals surface area contributed by atoms with Gasteiger partial charge in [0.25, 0.3) is 0 Å². The van der Waals surface area contributed by atoms with Crippen LogP contribution in [0.5, 0.6) is 5.75 Å². The van der Waals surface area contributed by atoms with Crippen molar-refractivity contribution < 1.29 is 22.3 Å². The Bertz CT molecular complexity index is 401. The van der Waals surface area contributed by atoms with Crippen LogP contribution in [0.1, 0.15) is 24.4 Å². The normalized spacial score (nSPS) is 13.6. The Hall–Kier alpha value is -1.34. The van der Waals surface area contributed by atoms with Crippen LogP contribution in [-0.4, -0.2) is 19.1 Å². The molecule has 0 saturated heterocycles. The number of ether oxygens (including phenoxy) is 1. The first kappa shape index (κ1) is 15.7. The third-order valence-corrected chi connectivity index (χ3v) is 2.51. The fourth-order valence-corrected chi connectivity index (χ4v) is 1.51. The van der Waals surface area contributed by atoms with E-state index >= 15 is 0 Å². The number of benzene rings is 1. The molecule has 0 fully saturated rings. The smallest absolute Gasteiger partial charge is 0.428 e. The second kappa shape index (κ2) is 6.72. The molecule has 0 heterocycles. The van der Waals surface area contributed by atoms with E-state index in [1.54, 1.807) is 6.07 Å². The zero-order valence-corrected chi connectivity index (χ0v) is 10.2. The predicted octanol–water partition coefficient (Wildman–Crippen LogP) is 2.66. The van der Waals surface area contributed by atoms with Gasteiger partial charge in [-0.2, -0.15) is 17.6 Å². The lowest BCUT2D eigenvalue weighted by molar-refractivity contribution is -0.253. The fraction of sp³-hybridized carbons (Fsp3) is 0.500. The summed E-state index contributed by atoms with van der Waals surface area (Å²) in [6, 6.07) is 5.06. The zero-order chi connectivity index (χ0) is 14.5. The minimum atomic E-state index is -4.51. The number of rotatable bonds is 7. The molecule has 3 nitrogen and oxygen atoms in total. The Morgan fingerprint density at radius 2 is 1.95 bits per heavy atom. The van der Waals surface area contributed by atoms with Gasteiger partial charge in [0.1, 0.15) is 5.75 Å². The second-order valence-corrected chi connectivity index (χ2v) is 4.07. The molecule has 4 N–H and O–H groups in total. The summed E-state index contributed by atoms with van der Waals surface area (Å²) < 4.78 is 53.5. The molecule has 0 amide bonds. The van der Waals surface area contributed by atoms with Gasteiger partial charge in [-0.15, -0.1) is 0 Å². The highest BCUT2D eigenvalue weighted by Gasteiger charge is 2.43. The van der Waals surface area contributed by atoms with Crippen LogP contribution in [0, 0.1) is 0 Å². The summed E-state index contributed by atoms with van der Waals surface area (Å²) >= 11 is 0. The Morgan fingerprint density at radius 1 is 1.26 bits per heavy atom. The zero-order valence-electron chi connectivity index (χ0n) is 10.2. The van der Waals surface area contributed by atoms with Crippen molar-refractivity contribution >= 4 is 0 Å². The molecule has 1 rings (SSSR count). The summed E-state index contributed by atoms with van der Waals surface area (Å²) in [4.78, 5) is 0. The monoisotopic (exact) mass is 280 g/mol. The molecule has 0 aromatic heterocycles. The Labute approximate surface area is 108 Å². The van der Waals surface area contributed by atoms with E-state index in [9.17, 15) is 17.6 Å². The van der Waals surface area contributed by atoms with Crippen LogP contribution in [0.25, 0.3) is 0 Å². The Balaban J connectivity index is 2.77. The number of hydrogen-bond acceptors (Lipinski definition) is 3. The molecule has 0 aliphatic carbocycles. The van der Waals surface area contributed by atoms with Crippen LogP contribution in [0.2, 0.25) is 0 Å². The van der Waals surface area contributed by atoms with Crippen LogP contribution in [0.15, 0.2) is 24.3 Å². The minimum Gasteiger partial charge on any atom is -0.428 e. The summed E-state index contributed by atoms with van der Waals surface area (Å²) in [5, 5.41) is 0. The predicted molar refractivity (Wildman–Crippen MR) is 63.2 cm³/mol. The summed E-state index contributed by atoms with van der Waals surface area (Å²) in [5.41, 5.74) is 11.7. The molecule has 1 aromatic rings. The average molecular weight is 280 g/mol. The Kier molecular flexibility index (Phi) is 5.56. The molecule has 1 aromatic carbocycles. The lowest BCUT2D eigenvalue weighted by Gasteiger charge is -2.18. The van der Waals surface area contributed by atoms with Gasteiger partial charge in [-0.1, -0.05) is 12.1 Å². The highest BCUT2D eigenvalue weighted by Crippen LogP contribution is 2.29. The van der Waals surface area contributed by atoms with Crippen LogP contribution < -0.4 is 16.2 Å². The molecule has 0 aliphatic rings. The van der Waals surface area contributed by atoms with Crippen molar-refractivity contribution in [2.24, 2.45) is 11.5 Å². The number of hydrogen-bond donors (Lipinski definition) is 2. The first-order valence-corrected chi connectivity index (χ1v) is 5.77. The second-order valence-electron chi connectivity index (χ2n) is 4.07. The van der Waals surface area contributed by atoms with E-state index in [2.05, 4.69) is 4.74 Å². The molecular formula is C12H16F4N2O. The van der Waals surface area contributed by atoms with E-state index in [0.29, 0.717) is 24.9 Å². The topological polar surface area (TPSA) is 61.3 Å².